The van der Waals surface area contributed by atoms with Gasteiger partial charge in [0.15, 0.2) is 5.71 Å². The Morgan fingerprint density at radius 1 is 1.50 bits per heavy atom. The van der Waals surface area contributed by atoms with Crippen molar-refractivity contribution in [2.24, 2.45) is 16.3 Å². The van der Waals surface area contributed by atoms with E-state index in [9.17, 15) is 24.6 Å². The van der Waals surface area contributed by atoms with Crippen molar-refractivity contribution in [2.75, 3.05) is 24.7 Å². The Kier molecular flexibility index (Phi) is 6.62. The topological polar surface area (TPSA) is 186 Å². The monoisotopic (exact) mass is 457 g/mol. The summed E-state index contributed by atoms with van der Waals surface area (Å²) in [6.45, 7) is 3.24. The molecular formula is C15H19N7O6S2. The lowest BCUT2D eigenvalue weighted by molar-refractivity contribution is -0.155. The van der Waals surface area contributed by atoms with Crippen molar-refractivity contribution in [3.8, 4) is 0 Å². The van der Waals surface area contributed by atoms with E-state index in [0.717, 1.165) is 11.8 Å². The number of fused-ring (bicyclic) bond motifs is 1. The number of hydrogen-bond donors (Lipinski definition) is 3. The van der Waals surface area contributed by atoms with Crippen molar-refractivity contribution >= 4 is 47.1 Å². The highest BCUT2D eigenvalue weighted by atomic mass is 32.2. The molecule has 0 aliphatic carbocycles. The third-order valence-corrected chi connectivity index (χ3v) is 7.39. The number of carboxylic acid groups (broad SMARTS) is 2. The number of nitrogens with zero attached hydrogens (tertiary/aromatic N) is 6. The minimum absolute atomic E-state index is 0.0344. The first-order valence-electron chi connectivity index (χ1n) is 8.62. The highest BCUT2D eigenvalue weighted by Gasteiger charge is 2.55. The van der Waals surface area contributed by atoms with Crippen molar-refractivity contribution in [2.45, 2.75) is 23.1 Å². The van der Waals surface area contributed by atoms with E-state index in [0.29, 0.717) is 0 Å². The molecule has 3 rings (SSSR count). The number of carboxylic acids is 2. The molecule has 0 bridgehead atoms. The van der Waals surface area contributed by atoms with E-state index < -0.39 is 23.4 Å². The molecule has 0 aromatic carbocycles. The van der Waals surface area contributed by atoms with Gasteiger partial charge in [-0.3, -0.25) is 9.59 Å². The fourth-order valence-electron chi connectivity index (χ4n) is 2.85. The number of carbonyl (C=O) groups excluding carboxylic acids is 1. The van der Waals surface area contributed by atoms with Crippen LogP contribution in [0.1, 0.15) is 0 Å². The summed E-state index contributed by atoms with van der Waals surface area (Å²) in [6, 6.07) is -0.598. The molecule has 3 atom stereocenters. The predicted octanol–water partition coefficient (Wildman–Crippen LogP) is -1.28. The molecule has 2 unspecified atom stereocenters. The van der Waals surface area contributed by atoms with E-state index in [1.54, 1.807) is 0 Å². The van der Waals surface area contributed by atoms with E-state index in [1.165, 1.54) is 27.4 Å². The Morgan fingerprint density at radius 3 is 2.93 bits per heavy atom. The molecule has 1 amide bonds. The van der Waals surface area contributed by atoms with Crippen LogP contribution in [0.25, 0.3) is 0 Å². The van der Waals surface area contributed by atoms with Gasteiger partial charge in [-0.1, -0.05) is 29.6 Å². The van der Waals surface area contributed by atoms with Gasteiger partial charge in [-0.15, -0.1) is 16.9 Å². The number of hydrogen-bond acceptors (Lipinski definition) is 11. The second-order valence-electron chi connectivity index (χ2n) is 6.61. The fourth-order valence-corrected chi connectivity index (χ4v) is 5.54. The molecule has 3 heterocycles. The highest BCUT2D eigenvalue weighted by molar-refractivity contribution is 8.00. The number of aliphatic carboxylic acids is 2. The Morgan fingerprint density at radius 2 is 2.27 bits per heavy atom. The number of thioether (sulfide) groups is 2. The molecule has 13 nitrogen and oxygen atoms in total. The van der Waals surface area contributed by atoms with Gasteiger partial charge < -0.3 is 25.7 Å². The third kappa shape index (κ3) is 4.27. The zero-order chi connectivity index (χ0) is 21.9. The van der Waals surface area contributed by atoms with Crippen molar-refractivity contribution in [3.63, 3.8) is 0 Å². The molecule has 2 saturated heterocycles. The second-order valence-corrected chi connectivity index (χ2v) is 8.66. The average Bonchev–Trinajstić information content (AvgIpc) is 3.17. The van der Waals surface area contributed by atoms with Gasteiger partial charge in [-0.2, -0.15) is 0 Å². The molecule has 2 aliphatic rings. The minimum Gasteiger partial charge on any atom is -0.481 e. The Labute approximate surface area is 178 Å². The van der Waals surface area contributed by atoms with Gasteiger partial charge in [0.2, 0.25) is 11.1 Å². The molecule has 1 aromatic heterocycles. The van der Waals surface area contributed by atoms with Crippen LogP contribution in [0.3, 0.4) is 0 Å². The molecule has 15 heteroatoms. The zero-order valence-electron chi connectivity index (χ0n) is 15.6. The first-order chi connectivity index (χ1) is 14.3. The van der Waals surface area contributed by atoms with Crippen molar-refractivity contribution < 1.29 is 29.4 Å². The Bertz CT molecular complexity index is 893. The predicted molar refractivity (Wildman–Crippen MR) is 106 cm³/mol. The van der Waals surface area contributed by atoms with E-state index in [1.807, 2.05) is 0 Å². The molecule has 2 aliphatic heterocycles. The molecule has 1 aromatic rings. The minimum atomic E-state index is -1.31. The van der Waals surface area contributed by atoms with Gasteiger partial charge in [0, 0.05) is 18.1 Å². The maximum absolute atomic E-state index is 12.0. The molecule has 4 N–H and O–H groups in total. The van der Waals surface area contributed by atoms with Crippen LogP contribution < -0.4 is 5.73 Å². The molecule has 162 valence electrons. The van der Waals surface area contributed by atoms with E-state index >= 15 is 0 Å². The molecule has 30 heavy (non-hydrogen) atoms. The number of tetrazole rings is 1. The van der Waals surface area contributed by atoms with Gasteiger partial charge in [-0.25, -0.2) is 9.48 Å². The fraction of sp³-hybridized carbons (Fsp3) is 0.533. The first kappa shape index (κ1) is 22.0. The van der Waals surface area contributed by atoms with E-state index in [2.05, 4.69) is 27.3 Å². The van der Waals surface area contributed by atoms with Crippen LogP contribution in [0.5, 0.6) is 0 Å². The number of aromatic nitrogens is 4. The first-order valence-corrected chi connectivity index (χ1v) is 10.7. The van der Waals surface area contributed by atoms with Gasteiger partial charge in [-0.05, 0) is 10.4 Å². The maximum Gasteiger partial charge on any atom is 0.355 e. The van der Waals surface area contributed by atoms with Crippen molar-refractivity contribution in [1.82, 2.24) is 25.1 Å². The Balaban J connectivity index is 1.70. The largest absolute Gasteiger partial charge is 0.481 e. The molecular weight excluding hydrogens is 438 g/mol. The standard InChI is InChI=1S/C15H19N7O6S2/c1-2-3-28-18-8(12(24)25)4-22-14(17-19-20-22)30-7-15(13(26)27)5-21-10(23)9(16)11(21)29-6-15/h2,9,11H,1,3-7,16H2,(H,24,25)(H,26,27)/t9?,11-,15?/m1/s1. The number of oxime groups is 1. The molecule has 0 radical (unpaired) electrons. The number of carbonyl (C=O) groups is 3. The lowest BCUT2D eigenvalue weighted by atomic mass is 9.89. The third-order valence-electron chi connectivity index (χ3n) is 4.53. The van der Waals surface area contributed by atoms with Crippen molar-refractivity contribution in [3.05, 3.63) is 12.7 Å². The van der Waals surface area contributed by atoms with Gasteiger partial charge in [0.1, 0.15) is 23.4 Å². The summed E-state index contributed by atoms with van der Waals surface area (Å²) in [7, 11) is 0. The summed E-state index contributed by atoms with van der Waals surface area (Å²) in [5.74, 6) is -2.27. The lowest BCUT2D eigenvalue weighted by Gasteiger charge is -2.52. The summed E-state index contributed by atoms with van der Waals surface area (Å²) in [5, 5.41) is 33.7. The summed E-state index contributed by atoms with van der Waals surface area (Å²) in [6.07, 6.45) is 1.41. The van der Waals surface area contributed by atoms with Gasteiger partial charge >= 0.3 is 11.9 Å². The van der Waals surface area contributed by atoms with Gasteiger partial charge in [0.05, 0.1) is 6.54 Å². The molecule has 2 fully saturated rings. The lowest BCUT2D eigenvalue weighted by Crippen LogP contribution is -2.72. The van der Waals surface area contributed by atoms with Crippen molar-refractivity contribution in [1.29, 1.82) is 0 Å². The van der Waals surface area contributed by atoms with Crippen LogP contribution in [-0.2, 0) is 25.8 Å². The normalized spacial score (nSPS) is 26.0. The van der Waals surface area contributed by atoms with E-state index in [4.69, 9.17) is 10.6 Å². The number of rotatable bonds is 10. The van der Waals surface area contributed by atoms with Crippen LogP contribution >= 0.6 is 23.5 Å². The second kappa shape index (κ2) is 9.01. The van der Waals surface area contributed by atoms with Crippen LogP contribution in [0.4, 0.5) is 0 Å². The quantitative estimate of drug-likeness (QED) is 0.0945. The number of amides is 1. The van der Waals surface area contributed by atoms with Crippen LogP contribution in [0.15, 0.2) is 23.0 Å². The summed E-state index contributed by atoms with van der Waals surface area (Å²) < 4.78 is 1.19. The van der Waals surface area contributed by atoms with Crippen LogP contribution in [0.2, 0.25) is 0 Å². The van der Waals surface area contributed by atoms with Crippen LogP contribution in [0, 0.1) is 5.41 Å². The van der Waals surface area contributed by atoms with Crippen LogP contribution in [-0.4, -0.2) is 95.0 Å². The Hall–Kier alpha value is -2.65. The SMILES string of the molecule is C=CCON=C(Cn1nnnc1SCC1(C(=O)O)CS[C@@H]2C(N)C(=O)N2C1)C(=O)O. The highest BCUT2D eigenvalue weighted by Crippen LogP contribution is 2.43. The summed E-state index contributed by atoms with van der Waals surface area (Å²) in [5.41, 5.74) is 4.21. The average molecular weight is 457 g/mol. The summed E-state index contributed by atoms with van der Waals surface area (Å²) in [4.78, 5) is 41.6. The van der Waals surface area contributed by atoms with E-state index in [-0.39, 0.29) is 53.4 Å². The number of β-lactam (4-membered cyclic amide) rings is 1. The zero-order valence-corrected chi connectivity index (χ0v) is 17.2. The number of nitrogens with two attached hydrogens (primary N) is 1. The maximum atomic E-state index is 12.0. The smallest absolute Gasteiger partial charge is 0.355 e. The summed E-state index contributed by atoms with van der Waals surface area (Å²) >= 11 is 2.39. The molecule has 0 saturated carbocycles. The van der Waals surface area contributed by atoms with Gasteiger partial charge in [0.25, 0.3) is 0 Å². The molecule has 0 spiro atoms.